The maximum absolute atomic E-state index is 12.1. The largest absolute Gasteiger partial charge is 0.508 e. The molecule has 0 saturated carbocycles. The first-order chi connectivity index (χ1) is 9.56. The van der Waals surface area contributed by atoms with Gasteiger partial charge in [0.25, 0.3) is 0 Å². The van der Waals surface area contributed by atoms with E-state index in [2.05, 4.69) is 5.32 Å². The average molecular weight is 292 g/mol. The van der Waals surface area contributed by atoms with Gasteiger partial charge in [0.15, 0.2) is 0 Å². The number of amides is 2. The summed E-state index contributed by atoms with van der Waals surface area (Å²) in [6, 6.07) is 6.91. The Hall–Kier alpha value is -2.54. The van der Waals surface area contributed by atoms with E-state index in [1.807, 2.05) is 0 Å². The number of anilines is 2. The van der Waals surface area contributed by atoms with E-state index in [-0.39, 0.29) is 5.75 Å². The number of carboxylic acid groups (broad SMARTS) is 1. The number of aliphatic carboxylic acids is 1. The number of carbonyl (C=O) groups is 2. The van der Waals surface area contributed by atoms with Gasteiger partial charge in [0.05, 0.1) is 5.69 Å². The first-order valence-corrected chi connectivity index (χ1v) is 6.62. The summed E-state index contributed by atoms with van der Waals surface area (Å²) >= 11 is 1.42. The SMILES string of the molecule is O=C(O)CN(C(=O)Nc1ccsc1)c1ccc(O)cc1. The molecule has 0 atom stereocenters. The van der Waals surface area contributed by atoms with Crippen LogP contribution in [0.2, 0.25) is 0 Å². The Balaban J connectivity index is 2.20. The van der Waals surface area contributed by atoms with Crippen LogP contribution in [-0.2, 0) is 4.79 Å². The molecule has 1 aromatic carbocycles. The molecule has 0 saturated heterocycles. The highest BCUT2D eigenvalue weighted by molar-refractivity contribution is 7.08. The van der Waals surface area contributed by atoms with Crippen LogP contribution in [0.5, 0.6) is 5.75 Å². The van der Waals surface area contributed by atoms with Crippen molar-refractivity contribution in [1.82, 2.24) is 0 Å². The zero-order valence-corrected chi connectivity index (χ0v) is 11.1. The van der Waals surface area contributed by atoms with Crippen molar-refractivity contribution in [3.8, 4) is 5.75 Å². The van der Waals surface area contributed by atoms with Crippen LogP contribution in [0, 0.1) is 0 Å². The van der Waals surface area contributed by atoms with Crippen molar-refractivity contribution < 1.29 is 19.8 Å². The number of thiophene rings is 1. The van der Waals surface area contributed by atoms with Crippen molar-refractivity contribution in [2.75, 3.05) is 16.8 Å². The highest BCUT2D eigenvalue weighted by Crippen LogP contribution is 2.20. The normalized spacial score (nSPS) is 10.0. The van der Waals surface area contributed by atoms with Crippen molar-refractivity contribution in [3.05, 3.63) is 41.1 Å². The predicted octanol–water partition coefficient (Wildman–Crippen LogP) is 2.58. The van der Waals surface area contributed by atoms with E-state index < -0.39 is 18.5 Å². The molecular weight excluding hydrogens is 280 g/mol. The quantitative estimate of drug-likeness (QED) is 0.808. The van der Waals surface area contributed by atoms with Crippen LogP contribution in [0.1, 0.15) is 0 Å². The van der Waals surface area contributed by atoms with Crippen molar-refractivity contribution in [2.24, 2.45) is 0 Å². The van der Waals surface area contributed by atoms with E-state index in [9.17, 15) is 14.7 Å². The summed E-state index contributed by atoms with van der Waals surface area (Å²) in [5, 5.41) is 24.3. The van der Waals surface area contributed by atoms with Gasteiger partial charge < -0.3 is 15.5 Å². The molecule has 1 aromatic heterocycles. The molecule has 0 aliphatic carbocycles. The molecule has 7 heteroatoms. The number of aromatic hydroxyl groups is 1. The molecule has 1 heterocycles. The van der Waals surface area contributed by atoms with Gasteiger partial charge in [0.2, 0.25) is 0 Å². The highest BCUT2D eigenvalue weighted by atomic mass is 32.1. The molecule has 0 radical (unpaired) electrons. The monoisotopic (exact) mass is 292 g/mol. The standard InChI is InChI=1S/C13H12N2O4S/c16-11-3-1-10(2-4-11)15(7-12(17)18)13(19)14-9-5-6-20-8-9/h1-6,8,16H,7H2,(H,14,19)(H,17,18). The maximum atomic E-state index is 12.1. The van der Waals surface area contributed by atoms with Gasteiger partial charge >= 0.3 is 12.0 Å². The first kappa shape index (κ1) is 13.9. The molecule has 2 amide bonds. The van der Waals surface area contributed by atoms with Crippen LogP contribution >= 0.6 is 11.3 Å². The number of nitrogens with zero attached hydrogens (tertiary/aromatic N) is 1. The number of rotatable bonds is 4. The van der Waals surface area contributed by atoms with Crippen LogP contribution in [0.25, 0.3) is 0 Å². The molecule has 2 aromatic rings. The summed E-state index contributed by atoms with van der Waals surface area (Å²) in [5.74, 6) is -1.08. The lowest BCUT2D eigenvalue weighted by Gasteiger charge is -2.21. The summed E-state index contributed by atoms with van der Waals surface area (Å²) in [7, 11) is 0. The summed E-state index contributed by atoms with van der Waals surface area (Å²) in [6.45, 7) is -0.471. The fraction of sp³-hybridized carbons (Fsp3) is 0.0769. The minimum atomic E-state index is -1.13. The molecule has 0 fully saturated rings. The fourth-order valence-corrected chi connectivity index (χ4v) is 2.16. The number of nitrogens with one attached hydrogen (secondary N) is 1. The molecule has 0 bridgehead atoms. The number of benzene rings is 1. The average Bonchev–Trinajstić information content (AvgIpc) is 2.89. The van der Waals surface area contributed by atoms with Gasteiger partial charge in [0.1, 0.15) is 12.3 Å². The summed E-state index contributed by atoms with van der Waals surface area (Å²) in [4.78, 5) is 24.1. The molecule has 20 heavy (non-hydrogen) atoms. The van der Waals surface area contributed by atoms with Gasteiger partial charge in [-0.05, 0) is 35.7 Å². The number of hydrogen-bond acceptors (Lipinski definition) is 4. The maximum Gasteiger partial charge on any atom is 0.326 e. The zero-order chi connectivity index (χ0) is 14.5. The second-order valence-corrected chi connectivity index (χ2v) is 4.72. The van der Waals surface area contributed by atoms with Crippen LogP contribution < -0.4 is 10.2 Å². The van der Waals surface area contributed by atoms with Crippen LogP contribution in [-0.4, -0.2) is 28.8 Å². The lowest BCUT2D eigenvalue weighted by atomic mass is 10.2. The van der Waals surface area contributed by atoms with Crippen LogP contribution in [0.4, 0.5) is 16.2 Å². The fourth-order valence-electron chi connectivity index (χ4n) is 1.57. The molecule has 0 spiro atoms. The first-order valence-electron chi connectivity index (χ1n) is 5.68. The molecule has 2 rings (SSSR count). The van der Waals surface area contributed by atoms with Crippen molar-refractivity contribution in [3.63, 3.8) is 0 Å². The topological polar surface area (TPSA) is 89.9 Å². The lowest BCUT2D eigenvalue weighted by Crippen LogP contribution is -2.38. The van der Waals surface area contributed by atoms with Crippen molar-refractivity contribution >= 4 is 34.7 Å². The van der Waals surface area contributed by atoms with Gasteiger partial charge in [-0.2, -0.15) is 11.3 Å². The Kier molecular flexibility index (Phi) is 4.21. The predicted molar refractivity (Wildman–Crippen MR) is 76.4 cm³/mol. The van der Waals surface area contributed by atoms with E-state index in [0.29, 0.717) is 11.4 Å². The number of urea groups is 1. The highest BCUT2D eigenvalue weighted by Gasteiger charge is 2.19. The molecule has 0 unspecified atom stereocenters. The van der Waals surface area contributed by atoms with Gasteiger partial charge in [-0.3, -0.25) is 9.69 Å². The Labute approximate surface area is 118 Å². The smallest absolute Gasteiger partial charge is 0.326 e. The number of carbonyl (C=O) groups excluding carboxylic acids is 1. The molecule has 104 valence electrons. The Morgan fingerprint density at radius 2 is 1.90 bits per heavy atom. The number of hydrogen-bond donors (Lipinski definition) is 3. The third-order valence-electron chi connectivity index (χ3n) is 2.47. The summed E-state index contributed by atoms with van der Waals surface area (Å²) < 4.78 is 0. The van der Waals surface area contributed by atoms with Gasteiger partial charge in [-0.1, -0.05) is 0 Å². The summed E-state index contributed by atoms with van der Waals surface area (Å²) in [6.07, 6.45) is 0. The van der Waals surface area contributed by atoms with Crippen molar-refractivity contribution in [1.29, 1.82) is 0 Å². The van der Waals surface area contributed by atoms with E-state index in [1.165, 1.54) is 35.6 Å². The second-order valence-electron chi connectivity index (χ2n) is 3.94. The minimum Gasteiger partial charge on any atom is -0.508 e. The molecular formula is C13H12N2O4S. The second kappa shape index (κ2) is 6.07. The van der Waals surface area contributed by atoms with Crippen LogP contribution in [0.3, 0.4) is 0 Å². The van der Waals surface area contributed by atoms with E-state index >= 15 is 0 Å². The zero-order valence-electron chi connectivity index (χ0n) is 10.3. The Morgan fingerprint density at radius 1 is 1.20 bits per heavy atom. The number of phenols is 1. The van der Waals surface area contributed by atoms with Gasteiger partial charge in [0, 0.05) is 11.1 Å². The molecule has 3 N–H and O–H groups in total. The molecule has 0 aliphatic rings. The third-order valence-corrected chi connectivity index (χ3v) is 3.16. The molecule has 6 nitrogen and oxygen atoms in total. The van der Waals surface area contributed by atoms with Gasteiger partial charge in [-0.15, -0.1) is 0 Å². The van der Waals surface area contributed by atoms with E-state index in [1.54, 1.807) is 16.8 Å². The van der Waals surface area contributed by atoms with Gasteiger partial charge in [-0.25, -0.2) is 4.79 Å². The third kappa shape index (κ3) is 3.48. The Bertz CT molecular complexity index is 595. The number of carboxylic acids is 1. The minimum absolute atomic E-state index is 0.0438. The summed E-state index contributed by atoms with van der Waals surface area (Å²) in [5.41, 5.74) is 0.993. The van der Waals surface area contributed by atoms with Crippen molar-refractivity contribution in [2.45, 2.75) is 0 Å². The number of phenolic OH excluding ortho intramolecular Hbond substituents is 1. The molecule has 0 aliphatic heterocycles. The van der Waals surface area contributed by atoms with E-state index in [0.717, 1.165) is 4.90 Å². The van der Waals surface area contributed by atoms with Crippen LogP contribution in [0.15, 0.2) is 41.1 Å². The van der Waals surface area contributed by atoms with E-state index in [4.69, 9.17) is 5.11 Å². The lowest BCUT2D eigenvalue weighted by molar-refractivity contribution is -0.135. The Morgan fingerprint density at radius 3 is 2.45 bits per heavy atom.